The Labute approximate surface area is 154 Å². The highest BCUT2D eigenvalue weighted by atomic mass is 35.5. The smallest absolute Gasteiger partial charge is 0.189 e. The summed E-state index contributed by atoms with van der Waals surface area (Å²) in [6.45, 7) is 1.92. The van der Waals surface area contributed by atoms with Gasteiger partial charge in [-0.3, -0.25) is 9.48 Å². The molecule has 0 saturated heterocycles. The molecule has 0 amide bonds. The second kappa shape index (κ2) is 7.58. The van der Waals surface area contributed by atoms with E-state index in [0.29, 0.717) is 28.5 Å². The predicted molar refractivity (Wildman–Crippen MR) is 95.8 cm³/mol. The number of carbonyl (C=O) groups is 1. The van der Waals surface area contributed by atoms with E-state index in [1.54, 1.807) is 43.1 Å². The summed E-state index contributed by atoms with van der Waals surface area (Å²) in [4.78, 5) is 12.2. The van der Waals surface area contributed by atoms with Gasteiger partial charge >= 0.3 is 0 Å². The number of allylic oxidation sites excluding steroid dienone is 1. The van der Waals surface area contributed by atoms with Crippen LogP contribution in [0.5, 0.6) is 5.75 Å². The number of nitrogens with zero attached hydrogens (tertiary/aromatic N) is 2. The van der Waals surface area contributed by atoms with E-state index in [2.05, 4.69) is 5.10 Å². The Bertz CT molecular complexity index is 975. The maximum atomic E-state index is 13.0. The van der Waals surface area contributed by atoms with Crippen molar-refractivity contribution in [3.05, 3.63) is 76.2 Å². The normalized spacial score (nSPS) is 11.2. The second-order valence-electron chi connectivity index (χ2n) is 5.67. The molecule has 0 spiro atoms. The van der Waals surface area contributed by atoms with Crippen LogP contribution < -0.4 is 4.74 Å². The molecular formula is C19H16ClFN2O3. The molecule has 134 valence electrons. The first-order valence-corrected chi connectivity index (χ1v) is 8.19. The fraction of sp³-hybridized carbons (Fsp3) is 0.158. The lowest BCUT2D eigenvalue weighted by atomic mass is 10.1. The van der Waals surface area contributed by atoms with Crippen molar-refractivity contribution in [1.29, 1.82) is 0 Å². The molecule has 0 bridgehead atoms. The number of carbonyl (C=O) groups excluding carboxylic acids is 1. The Hall–Kier alpha value is -2.86. The van der Waals surface area contributed by atoms with E-state index in [4.69, 9.17) is 20.8 Å². The molecule has 0 saturated carbocycles. The molecule has 0 fully saturated rings. The molecular weight excluding hydrogens is 359 g/mol. The number of hydrogen-bond donors (Lipinski definition) is 0. The summed E-state index contributed by atoms with van der Waals surface area (Å²) in [7, 11) is 1.76. The van der Waals surface area contributed by atoms with Crippen LogP contribution in [-0.4, -0.2) is 15.6 Å². The zero-order valence-corrected chi connectivity index (χ0v) is 15.0. The Morgan fingerprint density at radius 1 is 1.38 bits per heavy atom. The minimum absolute atomic E-state index is 0.134. The summed E-state index contributed by atoms with van der Waals surface area (Å²) in [5.41, 5.74) is 1.22. The van der Waals surface area contributed by atoms with E-state index in [0.717, 1.165) is 0 Å². The van der Waals surface area contributed by atoms with Gasteiger partial charge in [-0.25, -0.2) is 4.39 Å². The van der Waals surface area contributed by atoms with Crippen molar-refractivity contribution in [3.63, 3.8) is 0 Å². The van der Waals surface area contributed by atoms with Gasteiger partial charge in [0.25, 0.3) is 0 Å². The number of halogens is 2. The van der Waals surface area contributed by atoms with E-state index >= 15 is 0 Å². The minimum atomic E-state index is -0.429. The van der Waals surface area contributed by atoms with Crippen molar-refractivity contribution < 1.29 is 18.3 Å². The van der Waals surface area contributed by atoms with Crippen molar-refractivity contribution in [3.8, 4) is 5.75 Å². The van der Waals surface area contributed by atoms with Crippen LogP contribution in [0.4, 0.5) is 4.39 Å². The lowest BCUT2D eigenvalue weighted by Gasteiger charge is -2.05. The molecule has 3 aromatic rings. The SMILES string of the molecule is Cc1nn(C)cc1C(=O)C=Cc1ccc(COc2ccc(F)cc2Cl)o1. The summed E-state index contributed by atoms with van der Waals surface area (Å²) in [6, 6.07) is 7.36. The van der Waals surface area contributed by atoms with Crippen LogP contribution in [0, 0.1) is 12.7 Å². The van der Waals surface area contributed by atoms with Crippen molar-refractivity contribution in [1.82, 2.24) is 9.78 Å². The lowest BCUT2D eigenvalue weighted by Crippen LogP contribution is -1.95. The molecule has 0 radical (unpaired) electrons. The number of furan rings is 1. The van der Waals surface area contributed by atoms with Gasteiger partial charge in [-0.05, 0) is 49.4 Å². The Kier molecular flexibility index (Phi) is 5.23. The maximum absolute atomic E-state index is 13.0. The topological polar surface area (TPSA) is 57.3 Å². The summed E-state index contributed by atoms with van der Waals surface area (Å²) >= 11 is 5.91. The Morgan fingerprint density at radius 2 is 2.19 bits per heavy atom. The fourth-order valence-electron chi connectivity index (χ4n) is 2.39. The van der Waals surface area contributed by atoms with Crippen molar-refractivity contribution in [2.45, 2.75) is 13.5 Å². The zero-order valence-electron chi connectivity index (χ0n) is 14.2. The zero-order chi connectivity index (χ0) is 18.7. The summed E-state index contributed by atoms with van der Waals surface area (Å²) in [5, 5.41) is 4.33. The monoisotopic (exact) mass is 374 g/mol. The van der Waals surface area contributed by atoms with Crippen LogP contribution in [0.1, 0.15) is 27.6 Å². The largest absolute Gasteiger partial charge is 0.484 e. The van der Waals surface area contributed by atoms with Gasteiger partial charge in [0.2, 0.25) is 0 Å². The number of benzene rings is 1. The first kappa shape index (κ1) is 17.9. The molecule has 0 N–H and O–H groups in total. The third-order valence-electron chi connectivity index (χ3n) is 3.62. The van der Waals surface area contributed by atoms with E-state index < -0.39 is 5.82 Å². The average Bonchev–Trinajstić information content (AvgIpc) is 3.18. The Balaban J connectivity index is 1.62. The third kappa shape index (κ3) is 4.21. The molecule has 0 unspecified atom stereocenters. The summed E-state index contributed by atoms with van der Waals surface area (Å²) in [6.07, 6.45) is 4.70. The van der Waals surface area contributed by atoms with Crippen molar-refractivity contribution in [2.75, 3.05) is 0 Å². The number of rotatable bonds is 6. The quantitative estimate of drug-likeness (QED) is 0.467. The van der Waals surface area contributed by atoms with E-state index in [-0.39, 0.29) is 17.4 Å². The summed E-state index contributed by atoms with van der Waals surface area (Å²) < 4.78 is 25.7. The molecule has 0 aliphatic heterocycles. The molecule has 1 aromatic carbocycles. The number of hydrogen-bond acceptors (Lipinski definition) is 4. The van der Waals surface area contributed by atoms with Gasteiger partial charge < -0.3 is 9.15 Å². The standard InChI is InChI=1S/C19H16ClFN2O3/c1-12-16(10-23(2)22-12)18(24)7-6-14-4-5-15(26-14)11-25-19-8-3-13(21)9-17(19)20/h3-10H,11H2,1-2H3. The van der Waals surface area contributed by atoms with E-state index in [9.17, 15) is 9.18 Å². The first-order chi connectivity index (χ1) is 12.4. The molecule has 5 nitrogen and oxygen atoms in total. The highest BCUT2D eigenvalue weighted by Gasteiger charge is 2.10. The highest BCUT2D eigenvalue weighted by molar-refractivity contribution is 6.32. The molecule has 2 heterocycles. The fourth-order valence-corrected chi connectivity index (χ4v) is 2.61. The summed E-state index contributed by atoms with van der Waals surface area (Å²) in [5.74, 6) is 0.853. The molecule has 0 atom stereocenters. The minimum Gasteiger partial charge on any atom is -0.484 e. The highest BCUT2D eigenvalue weighted by Crippen LogP contribution is 2.26. The molecule has 26 heavy (non-hydrogen) atoms. The van der Waals surface area contributed by atoms with Gasteiger partial charge in [-0.2, -0.15) is 5.10 Å². The van der Waals surface area contributed by atoms with Crippen LogP contribution >= 0.6 is 11.6 Å². The molecule has 0 aliphatic rings. The van der Waals surface area contributed by atoms with Crippen LogP contribution in [-0.2, 0) is 13.7 Å². The van der Waals surface area contributed by atoms with Gasteiger partial charge in [-0.15, -0.1) is 0 Å². The number of ketones is 1. The van der Waals surface area contributed by atoms with Crippen molar-refractivity contribution in [2.24, 2.45) is 7.05 Å². The Morgan fingerprint density at radius 3 is 2.88 bits per heavy atom. The maximum Gasteiger partial charge on any atom is 0.189 e. The number of ether oxygens (including phenoxy) is 1. The first-order valence-electron chi connectivity index (χ1n) is 7.81. The second-order valence-corrected chi connectivity index (χ2v) is 6.07. The van der Waals surface area contributed by atoms with Crippen LogP contribution in [0.15, 0.2) is 47.0 Å². The van der Waals surface area contributed by atoms with Gasteiger partial charge in [0.1, 0.15) is 29.7 Å². The lowest BCUT2D eigenvalue weighted by molar-refractivity contribution is 0.104. The van der Waals surface area contributed by atoms with Crippen LogP contribution in [0.25, 0.3) is 6.08 Å². The number of aromatic nitrogens is 2. The van der Waals surface area contributed by atoms with Gasteiger partial charge in [0, 0.05) is 13.2 Å². The van der Waals surface area contributed by atoms with Crippen LogP contribution in [0.3, 0.4) is 0 Å². The third-order valence-corrected chi connectivity index (χ3v) is 3.92. The van der Waals surface area contributed by atoms with E-state index in [1.807, 2.05) is 0 Å². The molecule has 2 aromatic heterocycles. The van der Waals surface area contributed by atoms with Gasteiger partial charge in [-0.1, -0.05) is 11.6 Å². The van der Waals surface area contributed by atoms with Gasteiger partial charge in [0.05, 0.1) is 16.3 Å². The average molecular weight is 375 g/mol. The number of aryl methyl sites for hydroxylation is 2. The predicted octanol–water partition coefficient (Wildman–Crippen LogP) is 4.59. The molecule has 7 heteroatoms. The van der Waals surface area contributed by atoms with Crippen LogP contribution in [0.2, 0.25) is 5.02 Å². The molecule has 0 aliphatic carbocycles. The van der Waals surface area contributed by atoms with Crippen molar-refractivity contribution >= 4 is 23.5 Å². The van der Waals surface area contributed by atoms with E-state index in [1.165, 1.54) is 24.3 Å². The molecule has 3 rings (SSSR count). The van der Waals surface area contributed by atoms with Gasteiger partial charge in [0.15, 0.2) is 5.78 Å².